The van der Waals surface area contributed by atoms with Crippen molar-refractivity contribution in [3.63, 3.8) is 0 Å². The maximum Gasteiger partial charge on any atom is 0.303 e. The molecule has 0 fully saturated rings. The van der Waals surface area contributed by atoms with Gasteiger partial charge in [0.1, 0.15) is 0 Å². The number of unbranched alkanes of at least 4 members (excludes halogenated alkanes) is 5. The standard InChI is InChI=1S/C16H32O2/c1-14(2)10-8-6-4-5-7-9-11-15(3)12-13-16(17)18/h14-15H,4-13H2,1-3H3,(H,17,18). The van der Waals surface area contributed by atoms with Crippen LogP contribution in [0.15, 0.2) is 0 Å². The van der Waals surface area contributed by atoms with Gasteiger partial charge in [-0.25, -0.2) is 0 Å². The lowest BCUT2D eigenvalue weighted by molar-refractivity contribution is -0.137. The van der Waals surface area contributed by atoms with Gasteiger partial charge in [0.25, 0.3) is 0 Å². The zero-order chi connectivity index (χ0) is 13.8. The van der Waals surface area contributed by atoms with Gasteiger partial charge < -0.3 is 5.11 Å². The van der Waals surface area contributed by atoms with Gasteiger partial charge in [0, 0.05) is 6.42 Å². The van der Waals surface area contributed by atoms with E-state index in [2.05, 4.69) is 20.8 Å². The molecular formula is C16H32O2. The topological polar surface area (TPSA) is 37.3 Å². The van der Waals surface area contributed by atoms with Crippen LogP contribution in [-0.2, 0) is 4.79 Å². The summed E-state index contributed by atoms with van der Waals surface area (Å²) in [5.74, 6) is 0.758. The first-order valence-electron chi connectivity index (χ1n) is 7.74. The third kappa shape index (κ3) is 13.5. The molecule has 0 aromatic carbocycles. The van der Waals surface area contributed by atoms with Gasteiger partial charge in [-0.3, -0.25) is 4.79 Å². The average Bonchev–Trinajstić information content (AvgIpc) is 2.29. The highest BCUT2D eigenvalue weighted by Crippen LogP contribution is 2.16. The fourth-order valence-corrected chi connectivity index (χ4v) is 2.27. The van der Waals surface area contributed by atoms with Crippen LogP contribution >= 0.6 is 0 Å². The molecule has 0 aromatic rings. The second-order valence-electron chi connectivity index (χ2n) is 6.13. The maximum absolute atomic E-state index is 10.4. The molecule has 1 unspecified atom stereocenters. The quantitative estimate of drug-likeness (QED) is 0.483. The lowest BCUT2D eigenvalue weighted by Gasteiger charge is -2.09. The van der Waals surface area contributed by atoms with Crippen molar-refractivity contribution in [1.29, 1.82) is 0 Å². The van der Waals surface area contributed by atoms with E-state index in [1.807, 2.05) is 0 Å². The van der Waals surface area contributed by atoms with Crippen molar-refractivity contribution in [2.45, 2.75) is 85.0 Å². The fourth-order valence-electron chi connectivity index (χ4n) is 2.27. The van der Waals surface area contributed by atoms with Gasteiger partial charge in [-0.2, -0.15) is 0 Å². The Morgan fingerprint density at radius 1 is 0.833 bits per heavy atom. The highest BCUT2D eigenvalue weighted by atomic mass is 16.4. The molecule has 0 rings (SSSR count). The minimum absolute atomic E-state index is 0.330. The number of carboxylic acids is 1. The van der Waals surface area contributed by atoms with E-state index in [1.54, 1.807) is 0 Å². The molecular weight excluding hydrogens is 224 g/mol. The predicted molar refractivity (Wildman–Crippen MR) is 77.8 cm³/mol. The Balaban J connectivity index is 3.17. The summed E-state index contributed by atoms with van der Waals surface area (Å²) >= 11 is 0. The van der Waals surface area contributed by atoms with Gasteiger partial charge in [-0.1, -0.05) is 72.1 Å². The molecule has 0 radical (unpaired) electrons. The average molecular weight is 256 g/mol. The van der Waals surface area contributed by atoms with Crippen molar-refractivity contribution < 1.29 is 9.90 Å². The third-order valence-electron chi connectivity index (χ3n) is 3.58. The highest BCUT2D eigenvalue weighted by Gasteiger charge is 2.05. The van der Waals surface area contributed by atoms with Crippen molar-refractivity contribution in [3.8, 4) is 0 Å². The summed E-state index contributed by atoms with van der Waals surface area (Å²) in [6.45, 7) is 6.75. The molecule has 0 saturated heterocycles. The van der Waals surface area contributed by atoms with E-state index in [-0.39, 0.29) is 0 Å². The SMILES string of the molecule is CC(C)CCCCCCCCC(C)CCC(=O)O. The number of hydrogen-bond donors (Lipinski definition) is 1. The highest BCUT2D eigenvalue weighted by molar-refractivity contribution is 5.66. The molecule has 0 aliphatic carbocycles. The second-order valence-corrected chi connectivity index (χ2v) is 6.13. The van der Waals surface area contributed by atoms with E-state index in [1.165, 1.54) is 51.4 Å². The number of aliphatic carboxylic acids is 1. The summed E-state index contributed by atoms with van der Waals surface area (Å²) in [6.07, 6.45) is 11.8. The Hall–Kier alpha value is -0.530. The van der Waals surface area contributed by atoms with E-state index in [0.29, 0.717) is 12.3 Å². The van der Waals surface area contributed by atoms with Gasteiger partial charge in [0.2, 0.25) is 0 Å². The molecule has 0 aliphatic rings. The van der Waals surface area contributed by atoms with Crippen LogP contribution in [0.4, 0.5) is 0 Å². The van der Waals surface area contributed by atoms with Gasteiger partial charge in [-0.05, 0) is 18.3 Å². The van der Waals surface area contributed by atoms with Crippen LogP contribution in [0.25, 0.3) is 0 Å². The molecule has 0 aromatic heterocycles. The number of carbonyl (C=O) groups is 1. The van der Waals surface area contributed by atoms with Crippen molar-refractivity contribution in [1.82, 2.24) is 0 Å². The summed E-state index contributed by atoms with van der Waals surface area (Å²) in [7, 11) is 0. The van der Waals surface area contributed by atoms with E-state index in [9.17, 15) is 4.79 Å². The van der Waals surface area contributed by atoms with Crippen LogP contribution in [-0.4, -0.2) is 11.1 Å². The summed E-state index contributed by atoms with van der Waals surface area (Å²) in [5.41, 5.74) is 0. The zero-order valence-electron chi connectivity index (χ0n) is 12.6. The summed E-state index contributed by atoms with van der Waals surface area (Å²) < 4.78 is 0. The monoisotopic (exact) mass is 256 g/mol. The van der Waals surface area contributed by atoms with Crippen LogP contribution in [0.5, 0.6) is 0 Å². The second kappa shape index (κ2) is 11.6. The minimum Gasteiger partial charge on any atom is -0.481 e. The lowest BCUT2D eigenvalue weighted by atomic mass is 9.97. The predicted octanol–water partition coefficient (Wildman–Crippen LogP) is 5.26. The van der Waals surface area contributed by atoms with Crippen LogP contribution < -0.4 is 0 Å². The van der Waals surface area contributed by atoms with Crippen molar-refractivity contribution >= 4 is 5.97 Å². The van der Waals surface area contributed by atoms with E-state index < -0.39 is 5.97 Å². The first-order chi connectivity index (χ1) is 8.52. The largest absolute Gasteiger partial charge is 0.481 e. The first kappa shape index (κ1) is 17.5. The van der Waals surface area contributed by atoms with Crippen LogP contribution in [0.1, 0.15) is 85.0 Å². The Morgan fingerprint density at radius 3 is 1.83 bits per heavy atom. The van der Waals surface area contributed by atoms with Crippen LogP contribution in [0.2, 0.25) is 0 Å². The van der Waals surface area contributed by atoms with Crippen LogP contribution in [0.3, 0.4) is 0 Å². The van der Waals surface area contributed by atoms with Gasteiger partial charge in [-0.15, -0.1) is 0 Å². The summed E-state index contributed by atoms with van der Waals surface area (Å²) in [4.78, 5) is 10.4. The number of rotatable bonds is 12. The van der Waals surface area contributed by atoms with Gasteiger partial charge >= 0.3 is 5.97 Å². The van der Waals surface area contributed by atoms with Crippen molar-refractivity contribution in [2.75, 3.05) is 0 Å². The number of carboxylic acid groups (broad SMARTS) is 1. The Bertz CT molecular complexity index is 199. The Labute approximate surface area is 113 Å². The van der Waals surface area contributed by atoms with Crippen LogP contribution in [0, 0.1) is 11.8 Å². The molecule has 0 spiro atoms. The molecule has 18 heavy (non-hydrogen) atoms. The molecule has 0 saturated carbocycles. The lowest BCUT2D eigenvalue weighted by Crippen LogP contribution is -2.01. The molecule has 1 N–H and O–H groups in total. The molecule has 2 nitrogen and oxygen atoms in total. The molecule has 0 bridgehead atoms. The minimum atomic E-state index is -0.660. The zero-order valence-corrected chi connectivity index (χ0v) is 12.6. The summed E-state index contributed by atoms with van der Waals surface area (Å²) in [6, 6.07) is 0. The maximum atomic E-state index is 10.4. The fraction of sp³-hybridized carbons (Fsp3) is 0.938. The first-order valence-corrected chi connectivity index (χ1v) is 7.74. The summed E-state index contributed by atoms with van der Waals surface area (Å²) in [5, 5.41) is 8.59. The normalized spacial score (nSPS) is 12.9. The molecule has 2 heteroatoms. The molecule has 0 aliphatic heterocycles. The third-order valence-corrected chi connectivity index (χ3v) is 3.58. The smallest absolute Gasteiger partial charge is 0.303 e. The van der Waals surface area contributed by atoms with E-state index in [4.69, 9.17) is 5.11 Å². The Kier molecular flexibility index (Phi) is 11.2. The van der Waals surface area contributed by atoms with Gasteiger partial charge in [0.15, 0.2) is 0 Å². The van der Waals surface area contributed by atoms with Gasteiger partial charge in [0.05, 0.1) is 0 Å². The molecule has 0 heterocycles. The van der Waals surface area contributed by atoms with Crippen molar-refractivity contribution in [2.24, 2.45) is 11.8 Å². The van der Waals surface area contributed by atoms with E-state index >= 15 is 0 Å². The molecule has 108 valence electrons. The van der Waals surface area contributed by atoms with Crippen molar-refractivity contribution in [3.05, 3.63) is 0 Å². The molecule has 0 amide bonds. The van der Waals surface area contributed by atoms with E-state index in [0.717, 1.165) is 12.3 Å². The molecule has 1 atom stereocenters. The number of hydrogen-bond acceptors (Lipinski definition) is 1. The Morgan fingerprint density at radius 2 is 1.33 bits per heavy atom.